The average Bonchev–Trinajstić information content (AvgIpc) is 3.83. The van der Waals surface area contributed by atoms with Gasteiger partial charge < -0.3 is 30.2 Å². The van der Waals surface area contributed by atoms with E-state index in [1.165, 1.54) is 19.3 Å². The number of Topliss-reactive ketones (excluding diaryl/α,β-unsaturated/α-hetero) is 1. The zero-order chi connectivity index (χ0) is 29.9. The van der Waals surface area contributed by atoms with Gasteiger partial charge in [0.25, 0.3) is 0 Å². The summed E-state index contributed by atoms with van der Waals surface area (Å²) in [6.07, 6.45) is 4.40. The molecule has 2 aliphatic carbocycles. The SMILES string of the molecule is COc1ccc(C[C@H](NC(=O)[C@H](C)NC(=O)CN2CCOCC2)C(=O)N[C@@H](C[C@@H]2[C@@H]3CCC[C@@H]32)C(=O)[C@@]2(C)CO2)cc1. The highest BCUT2D eigenvalue weighted by Crippen LogP contribution is 2.59. The molecule has 2 heterocycles. The van der Waals surface area contributed by atoms with Crippen molar-refractivity contribution in [2.24, 2.45) is 17.8 Å². The van der Waals surface area contributed by atoms with Crippen LogP contribution in [0.4, 0.5) is 0 Å². The van der Waals surface area contributed by atoms with Crippen LogP contribution in [0, 0.1) is 17.8 Å². The third-order valence-corrected chi connectivity index (χ3v) is 9.30. The molecule has 0 unspecified atom stereocenters. The third kappa shape index (κ3) is 7.48. The van der Waals surface area contributed by atoms with E-state index in [9.17, 15) is 19.2 Å². The van der Waals surface area contributed by atoms with E-state index in [4.69, 9.17) is 14.2 Å². The Hall–Kier alpha value is -3.02. The molecule has 230 valence electrons. The summed E-state index contributed by atoms with van der Waals surface area (Å²) >= 11 is 0. The number of benzene rings is 1. The van der Waals surface area contributed by atoms with Crippen LogP contribution in [-0.2, 0) is 35.1 Å². The van der Waals surface area contributed by atoms with E-state index in [1.54, 1.807) is 33.1 Å². The highest BCUT2D eigenvalue weighted by atomic mass is 16.6. The van der Waals surface area contributed by atoms with Gasteiger partial charge in [-0.3, -0.25) is 24.1 Å². The van der Waals surface area contributed by atoms with E-state index in [0.717, 1.165) is 5.56 Å². The van der Waals surface area contributed by atoms with Gasteiger partial charge in [-0.15, -0.1) is 0 Å². The lowest BCUT2D eigenvalue weighted by atomic mass is 9.93. The summed E-state index contributed by atoms with van der Waals surface area (Å²) in [5.41, 5.74) is -0.0481. The second-order valence-corrected chi connectivity index (χ2v) is 12.4. The maximum absolute atomic E-state index is 13.8. The lowest BCUT2D eigenvalue weighted by Gasteiger charge is -2.27. The van der Waals surface area contributed by atoms with E-state index in [1.807, 2.05) is 17.0 Å². The predicted molar refractivity (Wildman–Crippen MR) is 154 cm³/mol. The maximum Gasteiger partial charge on any atom is 0.243 e. The Bertz CT molecular complexity index is 1140. The van der Waals surface area contributed by atoms with Crippen LogP contribution in [0.15, 0.2) is 24.3 Å². The van der Waals surface area contributed by atoms with E-state index in [2.05, 4.69) is 16.0 Å². The Balaban J connectivity index is 1.25. The molecule has 11 nitrogen and oxygen atoms in total. The van der Waals surface area contributed by atoms with E-state index < -0.39 is 35.5 Å². The summed E-state index contributed by atoms with van der Waals surface area (Å²) in [7, 11) is 1.58. The Morgan fingerprint density at radius 2 is 1.64 bits per heavy atom. The largest absolute Gasteiger partial charge is 0.497 e. The van der Waals surface area contributed by atoms with Gasteiger partial charge in [0.2, 0.25) is 17.7 Å². The third-order valence-electron chi connectivity index (χ3n) is 9.30. The second-order valence-electron chi connectivity index (χ2n) is 12.4. The van der Waals surface area contributed by atoms with Crippen molar-refractivity contribution in [2.45, 2.75) is 69.7 Å². The number of nitrogens with zero attached hydrogens (tertiary/aromatic N) is 1. The van der Waals surface area contributed by atoms with Gasteiger partial charge in [-0.1, -0.05) is 18.6 Å². The molecule has 0 spiro atoms. The minimum Gasteiger partial charge on any atom is -0.497 e. The van der Waals surface area contributed by atoms with Crippen molar-refractivity contribution >= 4 is 23.5 Å². The smallest absolute Gasteiger partial charge is 0.243 e. The van der Waals surface area contributed by atoms with Gasteiger partial charge >= 0.3 is 0 Å². The molecule has 4 fully saturated rings. The Morgan fingerprint density at radius 1 is 1.00 bits per heavy atom. The highest BCUT2D eigenvalue weighted by molar-refractivity contribution is 5.98. The standard InChI is InChI=1S/C31H44N4O7/c1-19(32-27(36)17-35-11-13-41-14-12-35)29(38)34-26(15-20-7-9-21(40-3)10-8-20)30(39)33-25(28(37)31(2)18-42-31)16-24-22-5-4-6-23(22)24/h7-10,19,22-26H,4-6,11-18H2,1-3H3,(H,32,36)(H,33,39)(H,34,38)/t19-,22-,23+,24-,25-,26-,31+/m0/s1. The number of hydrogen-bond acceptors (Lipinski definition) is 8. The molecule has 11 heteroatoms. The van der Waals surface area contributed by atoms with Gasteiger partial charge in [0.15, 0.2) is 5.78 Å². The van der Waals surface area contributed by atoms with E-state index in [0.29, 0.717) is 62.8 Å². The number of ketones is 1. The van der Waals surface area contributed by atoms with Crippen LogP contribution in [-0.4, -0.2) is 98.7 Å². The summed E-state index contributed by atoms with van der Waals surface area (Å²) in [4.78, 5) is 55.0. The molecule has 0 radical (unpaired) electrons. The van der Waals surface area contributed by atoms with E-state index in [-0.39, 0.29) is 24.7 Å². The fraction of sp³-hybridized carbons (Fsp3) is 0.677. The van der Waals surface area contributed by atoms with Gasteiger partial charge in [0.05, 0.1) is 39.5 Å². The quantitative estimate of drug-likeness (QED) is 0.274. The summed E-state index contributed by atoms with van der Waals surface area (Å²) < 4.78 is 16.0. The summed E-state index contributed by atoms with van der Waals surface area (Å²) in [5, 5.41) is 8.57. The van der Waals surface area contributed by atoms with Crippen LogP contribution >= 0.6 is 0 Å². The topological polar surface area (TPSA) is 139 Å². The molecule has 2 saturated heterocycles. The minimum atomic E-state index is -0.952. The van der Waals surface area contributed by atoms with Gasteiger partial charge in [0, 0.05) is 19.5 Å². The van der Waals surface area contributed by atoms with Crippen molar-refractivity contribution in [1.82, 2.24) is 20.9 Å². The number of methoxy groups -OCH3 is 1. The molecule has 0 bridgehead atoms. The number of nitrogens with one attached hydrogen (secondary N) is 3. The first kappa shape index (κ1) is 30.4. The van der Waals surface area contributed by atoms with Crippen LogP contribution in [0.3, 0.4) is 0 Å². The molecule has 1 aromatic carbocycles. The van der Waals surface area contributed by atoms with Crippen LogP contribution in [0.5, 0.6) is 5.75 Å². The van der Waals surface area contributed by atoms with Gasteiger partial charge in [-0.05, 0) is 68.6 Å². The lowest BCUT2D eigenvalue weighted by molar-refractivity contribution is -0.134. The molecule has 1 aromatic rings. The summed E-state index contributed by atoms with van der Waals surface area (Å²) in [6.45, 7) is 6.34. The summed E-state index contributed by atoms with van der Waals surface area (Å²) in [6, 6.07) is 4.78. The molecule has 5 rings (SSSR count). The Kier molecular flexibility index (Phi) is 9.49. The average molecular weight is 585 g/mol. The minimum absolute atomic E-state index is 0.112. The van der Waals surface area contributed by atoms with Gasteiger partial charge in [-0.2, -0.15) is 0 Å². The number of rotatable bonds is 14. The first-order valence-electron chi connectivity index (χ1n) is 15.2. The molecular formula is C31H44N4O7. The molecular weight excluding hydrogens is 540 g/mol. The summed E-state index contributed by atoms with van der Waals surface area (Å²) in [5.74, 6) is 1.11. The van der Waals surface area contributed by atoms with Crippen LogP contribution in [0.1, 0.15) is 45.1 Å². The normalized spacial score (nSPS) is 28.5. The van der Waals surface area contributed by atoms with Crippen molar-refractivity contribution < 1.29 is 33.4 Å². The van der Waals surface area contributed by atoms with Crippen LogP contribution in [0.2, 0.25) is 0 Å². The number of carbonyl (C=O) groups excluding carboxylic acids is 4. The molecule has 2 aliphatic heterocycles. The van der Waals surface area contributed by atoms with Crippen molar-refractivity contribution in [2.75, 3.05) is 46.6 Å². The van der Waals surface area contributed by atoms with Crippen LogP contribution in [0.25, 0.3) is 0 Å². The molecule has 4 aliphatic rings. The number of carbonyl (C=O) groups is 4. The highest BCUT2D eigenvalue weighted by Gasteiger charge is 2.56. The number of morpholine rings is 1. The van der Waals surface area contributed by atoms with Crippen molar-refractivity contribution in [3.8, 4) is 5.75 Å². The molecule has 3 N–H and O–H groups in total. The fourth-order valence-electron chi connectivity index (χ4n) is 6.53. The van der Waals surface area contributed by atoms with Crippen molar-refractivity contribution in [3.05, 3.63) is 29.8 Å². The van der Waals surface area contributed by atoms with Gasteiger partial charge in [-0.25, -0.2) is 0 Å². The molecule has 7 atom stereocenters. The Morgan fingerprint density at radius 3 is 2.26 bits per heavy atom. The Labute approximate surface area is 247 Å². The lowest BCUT2D eigenvalue weighted by Crippen LogP contribution is -2.57. The van der Waals surface area contributed by atoms with Crippen LogP contribution < -0.4 is 20.7 Å². The molecule has 2 saturated carbocycles. The molecule has 3 amide bonds. The number of epoxide rings is 1. The molecule has 0 aromatic heterocycles. The van der Waals surface area contributed by atoms with Gasteiger partial charge in [0.1, 0.15) is 23.4 Å². The number of ether oxygens (including phenoxy) is 3. The van der Waals surface area contributed by atoms with Crippen molar-refractivity contribution in [3.63, 3.8) is 0 Å². The van der Waals surface area contributed by atoms with Crippen molar-refractivity contribution in [1.29, 1.82) is 0 Å². The zero-order valence-electron chi connectivity index (χ0n) is 24.9. The second kappa shape index (κ2) is 13.1. The van der Waals surface area contributed by atoms with E-state index >= 15 is 0 Å². The number of fused-ring (bicyclic) bond motifs is 1. The number of hydrogen-bond donors (Lipinski definition) is 3. The number of amides is 3. The first-order chi connectivity index (χ1) is 20.2. The fourth-order valence-corrected chi connectivity index (χ4v) is 6.53. The zero-order valence-corrected chi connectivity index (χ0v) is 24.9. The predicted octanol–water partition coefficient (Wildman–Crippen LogP) is 0.838. The maximum atomic E-state index is 13.8. The monoisotopic (exact) mass is 584 g/mol. The molecule has 42 heavy (non-hydrogen) atoms. The first-order valence-corrected chi connectivity index (χ1v) is 15.2.